The Labute approximate surface area is 50.9 Å². The van der Waals surface area contributed by atoms with Gasteiger partial charge in [-0.3, -0.25) is 0 Å². The predicted octanol–water partition coefficient (Wildman–Crippen LogP) is 2.53. The van der Waals surface area contributed by atoms with Gasteiger partial charge in [-0.2, -0.15) is 0 Å². The van der Waals surface area contributed by atoms with Crippen LogP contribution in [0.15, 0.2) is 24.8 Å². The predicted molar refractivity (Wildman–Crippen MR) is 36.7 cm³/mol. The Morgan fingerprint density at radius 3 is 3.12 bits per heavy atom. The number of hydrogen-bond donors (Lipinski definition) is 0. The monoisotopic (exact) mass is 108 g/mol. The van der Waals surface area contributed by atoms with Crippen molar-refractivity contribution in [2.24, 2.45) is 5.92 Å². The number of hydrogen-bond acceptors (Lipinski definition) is 0. The SMILES string of the molecule is C=CC[C@H]1C=CCC1. The third kappa shape index (κ3) is 1.22. The summed E-state index contributed by atoms with van der Waals surface area (Å²) in [6.45, 7) is 3.69. The summed E-state index contributed by atoms with van der Waals surface area (Å²) < 4.78 is 0. The highest BCUT2D eigenvalue weighted by Gasteiger charge is 2.04. The Bertz CT molecular complexity index is 101. The molecule has 0 bridgehead atoms. The van der Waals surface area contributed by atoms with Gasteiger partial charge in [0.1, 0.15) is 0 Å². The molecular weight excluding hydrogens is 96.1 g/mol. The summed E-state index contributed by atoms with van der Waals surface area (Å²) >= 11 is 0. The van der Waals surface area contributed by atoms with Gasteiger partial charge in [0.25, 0.3) is 0 Å². The van der Waals surface area contributed by atoms with E-state index in [9.17, 15) is 0 Å². The van der Waals surface area contributed by atoms with Crippen LogP contribution in [0.2, 0.25) is 0 Å². The van der Waals surface area contributed by atoms with E-state index in [0.29, 0.717) is 0 Å². The van der Waals surface area contributed by atoms with Crippen LogP contribution in [0.25, 0.3) is 0 Å². The van der Waals surface area contributed by atoms with Gasteiger partial charge in [0.05, 0.1) is 0 Å². The molecule has 44 valence electrons. The molecule has 0 heterocycles. The molecule has 1 aliphatic carbocycles. The molecule has 0 aromatic heterocycles. The molecule has 0 aliphatic heterocycles. The van der Waals surface area contributed by atoms with Crippen molar-refractivity contribution in [3.63, 3.8) is 0 Å². The second kappa shape index (κ2) is 2.71. The maximum atomic E-state index is 3.69. The van der Waals surface area contributed by atoms with Crippen LogP contribution >= 0.6 is 0 Å². The van der Waals surface area contributed by atoms with Crippen molar-refractivity contribution < 1.29 is 0 Å². The summed E-state index contributed by atoms with van der Waals surface area (Å²) in [5.74, 6) is 0.812. The Morgan fingerprint density at radius 1 is 1.75 bits per heavy atom. The lowest BCUT2D eigenvalue weighted by molar-refractivity contribution is 0.644. The second-order valence-corrected chi connectivity index (χ2v) is 2.29. The minimum atomic E-state index is 0.812. The van der Waals surface area contributed by atoms with Crippen molar-refractivity contribution in [3.8, 4) is 0 Å². The average molecular weight is 108 g/mol. The quantitative estimate of drug-likeness (QED) is 0.477. The van der Waals surface area contributed by atoms with Gasteiger partial charge in [0.15, 0.2) is 0 Å². The summed E-state index contributed by atoms with van der Waals surface area (Å²) in [7, 11) is 0. The topological polar surface area (TPSA) is 0 Å². The van der Waals surface area contributed by atoms with E-state index in [1.807, 2.05) is 6.08 Å². The zero-order valence-corrected chi connectivity index (χ0v) is 5.14. The number of rotatable bonds is 2. The van der Waals surface area contributed by atoms with Crippen molar-refractivity contribution in [2.75, 3.05) is 0 Å². The first kappa shape index (κ1) is 5.61. The highest BCUT2D eigenvalue weighted by atomic mass is 14.1. The van der Waals surface area contributed by atoms with Gasteiger partial charge in [-0.1, -0.05) is 18.2 Å². The highest BCUT2D eigenvalue weighted by molar-refractivity contribution is 4.98. The Balaban J connectivity index is 2.25. The van der Waals surface area contributed by atoms with Crippen LogP contribution in [0, 0.1) is 5.92 Å². The third-order valence-electron chi connectivity index (χ3n) is 1.58. The van der Waals surface area contributed by atoms with E-state index in [2.05, 4.69) is 18.7 Å². The van der Waals surface area contributed by atoms with Gasteiger partial charge in [0, 0.05) is 0 Å². The molecule has 0 fully saturated rings. The maximum Gasteiger partial charge on any atom is -0.0196 e. The van der Waals surface area contributed by atoms with Crippen molar-refractivity contribution in [2.45, 2.75) is 19.3 Å². The van der Waals surface area contributed by atoms with Crippen LogP contribution in [0.3, 0.4) is 0 Å². The summed E-state index contributed by atoms with van der Waals surface area (Å²) in [6, 6.07) is 0. The van der Waals surface area contributed by atoms with E-state index in [0.717, 1.165) is 12.3 Å². The molecule has 0 saturated heterocycles. The van der Waals surface area contributed by atoms with Gasteiger partial charge >= 0.3 is 0 Å². The van der Waals surface area contributed by atoms with Crippen LogP contribution in [0.1, 0.15) is 19.3 Å². The van der Waals surface area contributed by atoms with Crippen LogP contribution in [0.4, 0.5) is 0 Å². The molecule has 1 rings (SSSR count). The van der Waals surface area contributed by atoms with Gasteiger partial charge < -0.3 is 0 Å². The molecule has 0 aromatic carbocycles. The molecule has 0 spiro atoms. The Hall–Kier alpha value is -0.520. The first-order valence-corrected chi connectivity index (χ1v) is 3.21. The standard InChI is InChI=1S/C8H12/c1-2-5-8-6-3-4-7-8/h2-3,6,8H,1,4-5,7H2/t8-/m0/s1. The minimum Gasteiger partial charge on any atom is -0.103 e. The van der Waals surface area contributed by atoms with Gasteiger partial charge in [0.2, 0.25) is 0 Å². The van der Waals surface area contributed by atoms with Gasteiger partial charge in [-0.25, -0.2) is 0 Å². The van der Waals surface area contributed by atoms with Crippen molar-refractivity contribution >= 4 is 0 Å². The maximum absolute atomic E-state index is 3.69. The lowest BCUT2D eigenvalue weighted by Crippen LogP contribution is -1.86. The van der Waals surface area contributed by atoms with E-state index in [1.165, 1.54) is 12.8 Å². The van der Waals surface area contributed by atoms with E-state index in [1.54, 1.807) is 0 Å². The van der Waals surface area contributed by atoms with Crippen molar-refractivity contribution in [3.05, 3.63) is 24.8 Å². The Morgan fingerprint density at radius 2 is 2.62 bits per heavy atom. The fourth-order valence-electron chi connectivity index (χ4n) is 1.11. The molecule has 0 N–H and O–H groups in total. The first-order chi connectivity index (χ1) is 3.93. The summed E-state index contributed by atoms with van der Waals surface area (Å²) in [5, 5.41) is 0. The minimum absolute atomic E-state index is 0.812. The Kier molecular flexibility index (Phi) is 1.90. The normalized spacial score (nSPS) is 26.2. The molecule has 1 aliphatic rings. The summed E-state index contributed by atoms with van der Waals surface area (Å²) in [5.41, 5.74) is 0. The smallest absolute Gasteiger partial charge is 0.0196 e. The summed E-state index contributed by atoms with van der Waals surface area (Å²) in [6.07, 6.45) is 10.3. The van der Waals surface area contributed by atoms with Gasteiger partial charge in [-0.15, -0.1) is 6.58 Å². The molecule has 0 saturated carbocycles. The zero-order chi connectivity index (χ0) is 5.82. The van der Waals surface area contributed by atoms with E-state index >= 15 is 0 Å². The first-order valence-electron chi connectivity index (χ1n) is 3.21. The van der Waals surface area contributed by atoms with Crippen molar-refractivity contribution in [1.29, 1.82) is 0 Å². The van der Waals surface area contributed by atoms with Crippen LogP contribution < -0.4 is 0 Å². The fraction of sp³-hybridized carbons (Fsp3) is 0.500. The molecule has 0 heteroatoms. The molecule has 0 amide bonds. The molecule has 8 heavy (non-hydrogen) atoms. The van der Waals surface area contributed by atoms with E-state index < -0.39 is 0 Å². The zero-order valence-electron chi connectivity index (χ0n) is 5.14. The van der Waals surface area contributed by atoms with Crippen LogP contribution in [-0.4, -0.2) is 0 Å². The molecule has 0 radical (unpaired) electrons. The summed E-state index contributed by atoms with van der Waals surface area (Å²) in [4.78, 5) is 0. The lowest BCUT2D eigenvalue weighted by atomic mass is 10.1. The molecule has 1 atom stereocenters. The molecule has 0 unspecified atom stereocenters. The molecule has 0 nitrogen and oxygen atoms in total. The lowest BCUT2D eigenvalue weighted by Gasteiger charge is -1.99. The molecule has 0 aromatic rings. The number of allylic oxidation sites excluding steroid dienone is 3. The molecular formula is C8H12. The van der Waals surface area contributed by atoms with Gasteiger partial charge in [-0.05, 0) is 25.2 Å². The largest absolute Gasteiger partial charge is 0.103 e. The van der Waals surface area contributed by atoms with E-state index in [4.69, 9.17) is 0 Å². The fourth-order valence-corrected chi connectivity index (χ4v) is 1.11. The van der Waals surface area contributed by atoms with E-state index in [-0.39, 0.29) is 0 Å². The average Bonchev–Trinajstić information content (AvgIpc) is 2.19. The van der Waals surface area contributed by atoms with Crippen LogP contribution in [0.5, 0.6) is 0 Å². The third-order valence-corrected chi connectivity index (χ3v) is 1.58. The second-order valence-electron chi connectivity index (χ2n) is 2.29. The highest BCUT2D eigenvalue weighted by Crippen LogP contribution is 2.19. The van der Waals surface area contributed by atoms with Crippen LogP contribution in [-0.2, 0) is 0 Å². The van der Waals surface area contributed by atoms with Crippen molar-refractivity contribution in [1.82, 2.24) is 0 Å².